The molecule has 1 aliphatic heterocycles. The molecule has 8 nitrogen and oxygen atoms in total. The van der Waals surface area contributed by atoms with Crippen LogP contribution in [0, 0.1) is 18.7 Å². The third kappa shape index (κ3) is 4.06. The first-order chi connectivity index (χ1) is 16.0. The molecule has 4 aromatic rings. The van der Waals surface area contributed by atoms with Crippen LogP contribution in [0.4, 0.5) is 10.4 Å². The average Bonchev–Trinajstić information content (AvgIpc) is 3.47. The molecule has 0 bridgehead atoms. The number of oxazole rings is 1. The molecule has 9 heteroatoms. The summed E-state index contributed by atoms with van der Waals surface area (Å²) in [7, 11) is 0. The third-order valence-corrected chi connectivity index (χ3v) is 6.19. The smallest absolute Gasteiger partial charge is 0.295 e. The van der Waals surface area contributed by atoms with Gasteiger partial charge in [0.1, 0.15) is 22.6 Å². The number of anilines is 1. The summed E-state index contributed by atoms with van der Waals surface area (Å²) in [5, 5.41) is 11.5. The number of hydrogen-bond donors (Lipinski definition) is 1. The van der Waals surface area contributed by atoms with Crippen molar-refractivity contribution in [3.63, 3.8) is 0 Å². The van der Waals surface area contributed by atoms with E-state index >= 15 is 4.39 Å². The number of para-hydroxylation sites is 2. The minimum Gasteiger partial charge on any atom is -0.424 e. The van der Waals surface area contributed by atoms with E-state index in [-0.39, 0.29) is 23.4 Å². The van der Waals surface area contributed by atoms with Crippen molar-refractivity contribution >= 4 is 23.0 Å². The van der Waals surface area contributed by atoms with Crippen LogP contribution in [0.25, 0.3) is 16.8 Å². The van der Waals surface area contributed by atoms with Gasteiger partial charge < -0.3 is 14.6 Å². The lowest BCUT2D eigenvalue weighted by molar-refractivity contribution is 0.0534. The summed E-state index contributed by atoms with van der Waals surface area (Å²) in [6.45, 7) is 4.88. The van der Waals surface area contributed by atoms with Gasteiger partial charge >= 0.3 is 0 Å². The van der Waals surface area contributed by atoms with Gasteiger partial charge in [-0.2, -0.15) is 20.0 Å². The van der Waals surface area contributed by atoms with Gasteiger partial charge in [0.05, 0.1) is 18.4 Å². The number of benzene rings is 2. The first kappa shape index (κ1) is 21.1. The number of nitrogens with zero attached hydrogens (tertiary/aromatic N) is 5. The van der Waals surface area contributed by atoms with Crippen molar-refractivity contribution in [3.05, 3.63) is 65.7 Å². The third-order valence-electron chi connectivity index (χ3n) is 6.19. The summed E-state index contributed by atoms with van der Waals surface area (Å²) >= 11 is 0. The normalized spacial score (nSPS) is 18.6. The Balaban J connectivity index is 1.44. The number of hydrogen-bond acceptors (Lipinski definition) is 6. The Labute approximate surface area is 190 Å². The highest BCUT2D eigenvalue weighted by molar-refractivity contribution is 5.98. The van der Waals surface area contributed by atoms with Gasteiger partial charge in [-0.3, -0.25) is 4.79 Å². The number of likely N-dealkylation sites (tertiary alicyclic amines) is 1. The first-order valence-electron chi connectivity index (χ1n) is 11.1. The van der Waals surface area contributed by atoms with Gasteiger partial charge in [-0.1, -0.05) is 19.1 Å². The van der Waals surface area contributed by atoms with Crippen molar-refractivity contribution in [1.82, 2.24) is 24.9 Å². The molecule has 3 heterocycles. The number of carbonyl (C=O) groups is 1. The van der Waals surface area contributed by atoms with Crippen LogP contribution in [0.5, 0.6) is 0 Å². The molecule has 2 unspecified atom stereocenters. The molecular formula is C24H25FN6O2. The van der Waals surface area contributed by atoms with Gasteiger partial charge in [0.25, 0.3) is 11.9 Å². The molecule has 0 spiro atoms. The summed E-state index contributed by atoms with van der Waals surface area (Å²) in [5.74, 6) is -0.716. The Hall–Kier alpha value is -3.75. The van der Waals surface area contributed by atoms with Crippen molar-refractivity contribution in [2.75, 3.05) is 18.4 Å². The van der Waals surface area contributed by atoms with Crippen LogP contribution in [0.2, 0.25) is 0 Å². The van der Waals surface area contributed by atoms with E-state index in [9.17, 15) is 4.79 Å². The van der Waals surface area contributed by atoms with Gasteiger partial charge in [-0.15, -0.1) is 0 Å². The van der Waals surface area contributed by atoms with Gasteiger partial charge in [0, 0.05) is 13.1 Å². The summed E-state index contributed by atoms with van der Waals surface area (Å²) < 4.78 is 20.9. The van der Waals surface area contributed by atoms with E-state index in [1.165, 1.54) is 23.3 Å². The number of piperidine rings is 1. The van der Waals surface area contributed by atoms with Crippen LogP contribution in [0.3, 0.4) is 0 Å². The van der Waals surface area contributed by atoms with E-state index in [0.29, 0.717) is 35.9 Å². The predicted octanol–water partition coefficient (Wildman–Crippen LogP) is 4.21. The van der Waals surface area contributed by atoms with Crippen molar-refractivity contribution < 1.29 is 13.6 Å². The molecule has 2 aromatic heterocycles. The van der Waals surface area contributed by atoms with Crippen molar-refractivity contribution in [3.8, 4) is 5.69 Å². The Morgan fingerprint density at radius 2 is 2.03 bits per heavy atom. The van der Waals surface area contributed by atoms with Crippen LogP contribution < -0.4 is 5.32 Å². The minimum atomic E-state index is -0.573. The Bertz CT molecular complexity index is 1250. The standard InChI is InChI=1S/C24H25FN6O2/c1-15-12-17(25)22(19(13-15)31-27-9-10-28-31)23(32)30-11-5-6-16(2)20(30)14-26-24-29-18-7-3-4-8-21(18)33-24/h3-4,7-10,12-13,16,20H,5-6,11,14H2,1-2H3,(H,26,29). The molecule has 2 aromatic carbocycles. The number of fused-ring (bicyclic) bond motifs is 1. The molecule has 1 amide bonds. The van der Waals surface area contributed by atoms with Crippen LogP contribution in [0.1, 0.15) is 35.7 Å². The van der Waals surface area contributed by atoms with Crippen LogP contribution in [0.15, 0.2) is 53.2 Å². The van der Waals surface area contributed by atoms with E-state index in [2.05, 4.69) is 27.4 Å². The van der Waals surface area contributed by atoms with Crippen molar-refractivity contribution in [1.29, 1.82) is 0 Å². The van der Waals surface area contributed by atoms with Crippen LogP contribution in [-0.2, 0) is 0 Å². The second-order valence-electron chi connectivity index (χ2n) is 8.51. The zero-order valence-corrected chi connectivity index (χ0v) is 18.5. The largest absolute Gasteiger partial charge is 0.424 e. The number of halogens is 1. The number of nitrogens with one attached hydrogen (secondary N) is 1. The Morgan fingerprint density at radius 1 is 1.24 bits per heavy atom. The van der Waals surface area contributed by atoms with Gasteiger partial charge in [0.15, 0.2) is 5.58 Å². The molecule has 1 saturated heterocycles. The minimum absolute atomic E-state index is 0.0160. The molecule has 2 atom stereocenters. The molecule has 0 aliphatic carbocycles. The fraction of sp³-hybridized carbons (Fsp3) is 0.333. The molecule has 1 N–H and O–H groups in total. The topological polar surface area (TPSA) is 89.1 Å². The zero-order chi connectivity index (χ0) is 22.9. The zero-order valence-electron chi connectivity index (χ0n) is 18.5. The highest BCUT2D eigenvalue weighted by atomic mass is 19.1. The number of rotatable bonds is 5. The Kier molecular flexibility index (Phi) is 5.53. The summed E-state index contributed by atoms with van der Waals surface area (Å²) in [6.07, 6.45) is 4.85. The second-order valence-corrected chi connectivity index (χ2v) is 8.51. The van der Waals surface area contributed by atoms with Gasteiger partial charge in [-0.05, 0) is 55.5 Å². The lowest BCUT2D eigenvalue weighted by Crippen LogP contribution is -2.51. The monoisotopic (exact) mass is 448 g/mol. The van der Waals surface area contributed by atoms with E-state index in [0.717, 1.165) is 18.4 Å². The lowest BCUT2D eigenvalue weighted by Gasteiger charge is -2.40. The molecule has 0 saturated carbocycles. The highest BCUT2D eigenvalue weighted by Crippen LogP contribution is 2.29. The highest BCUT2D eigenvalue weighted by Gasteiger charge is 2.35. The first-order valence-corrected chi connectivity index (χ1v) is 11.1. The van der Waals surface area contributed by atoms with E-state index in [4.69, 9.17) is 4.42 Å². The maximum Gasteiger partial charge on any atom is 0.295 e. The molecule has 0 radical (unpaired) electrons. The maximum absolute atomic E-state index is 15.1. The number of aromatic nitrogens is 4. The molecule has 170 valence electrons. The average molecular weight is 449 g/mol. The van der Waals surface area contributed by atoms with Gasteiger partial charge in [-0.25, -0.2) is 4.39 Å². The number of carbonyl (C=O) groups excluding carboxylic acids is 1. The van der Waals surface area contributed by atoms with Crippen molar-refractivity contribution in [2.24, 2.45) is 5.92 Å². The van der Waals surface area contributed by atoms with E-state index < -0.39 is 5.82 Å². The van der Waals surface area contributed by atoms with E-state index in [1.807, 2.05) is 24.3 Å². The van der Waals surface area contributed by atoms with Crippen LogP contribution >= 0.6 is 0 Å². The molecular weight excluding hydrogens is 423 g/mol. The summed E-state index contributed by atoms with van der Waals surface area (Å²) in [6, 6.07) is 10.9. The molecule has 33 heavy (non-hydrogen) atoms. The molecule has 5 rings (SSSR count). The fourth-order valence-electron chi connectivity index (χ4n) is 4.53. The maximum atomic E-state index is 15.1. The molecule has 1 fully saturated rings. The lowest BCUT2D eigenvalue weighted by atomic mass is 9.90. The molecule has 1 aliphatic rings. The van der Waals surface area contributed by atoms with E-state index in [1.54, 1.807) is 17.9 Å². The number of aryl methyl sites for hydroxylation is 1. The summed E-state index contributed by atoms with van der Waals surface area (Å²) in [5.41, 5.74) is 2.48. The summed E-state index contributed by atoms with van der Waals surface area (Å²) in [4.78, 5) is 21.2. The Morgan fingerprint density at radius 3 is 2.82 bits per heavy atom. The van der Waals surface area contributed by atoms with Crippen molar-refractivity contribution in [2.45, 2.75) is 32.7 Å². The van der Waals surface area contributed by atoms with Crippen LogP contribution in [-0.4, -0.2) is 49.9 Å². The quantitative estimate of drug-likeness (QED) is 0.492. The SMILES string of the molecule is Cc1cc(F)c(C(=O)N2CCCC(C)C2CNc2nc3ccccc3o2)c(-n2nccn2)c1. The van der Waals surface area contributed by atoms with Gasteiger partial charge in [0.2, 0.25) is 0 Å². The predicted molar refractivity (Wildman–Crippen MR) is 122 cm³/mol. The number of amides is 1. The fourth-order valence-corrected chi connectivity index (χ4v) is 4.53. The second kappa shape index (κ2) is 8.65.